The fraction of sp³-hybridized carbons (Fsp3) is 1.00. The van der Waals surface area contributed by atoms with Gasteiger partial charge in [-0.1, -0.05) is 19.8 Å². The van der Waals surface area contributed by atoms with Crippen molar-refractivity contribution >= 4 is 18.7 Å². The van der Waals surface area contributed by atoms with E-state index in [1.165, 1.54) is 0 Å². The second-order valence-corrected chi connectivity index (χ2v) is 5.84. The third kappa shape index (κ3) is 2.89. The van der Waals surface area contributed by atoms with Crippen LogP contribution in [-0.4, -0.2) is 23.6 Å². The zero-order valence-electron chi connectivity index (χ0n) is 10.5. The van der Waals surface area contributed by atoms with Gasteiger partial charge in [-0.2, -0.15) is 0 Å². The van der Waals surface area contributed by atoms with Crippen molar-refractivity contribution < 1.29 is 9.31 Å². The van der Waals surface area contributed by atoms with Gasteiger partial charge in [0.15, 0.2) is 0 Å². The Morgan fingerprint density at radius 2 is 1.60 bits per heavy atom. The Kier molecular flexibility index (Phi) is 4.13. The summed E-state index contributed by atoms with van der Waals surface area (Å²) < 4.78 is 11.7. The number of hydrogen-bond donors (Lipinski definition) is 0. The summed E-state index contributed by atoms with van der Waals surface area (Å²) >= 11 is 6.27. The van der Waals surface area contributed by atoms with E-state index >= 15 is 0 Å². The van der Waals surface area contributed by atoms with Crippen LogP contribution in [0.3, 0.4) is 0 Å². The van der Waals surface area contributed by atoms with E-state index in [9.17, 15) is 0 Å². The molecule has 88 valence electrons. The van der Waals surface area contributed by atoms with E-state index in [4.69, 9.17) is 20.9 Å². The second-order valence-electron chi connectivity index (χ2n) is 5.28. The molecule has 1 heterocycles. The van der Waals surface area contributed by atoms with Gasteiger partial charge in [-0.15, -0.1) is 11.6 Å². The van der Waals surface area contributed by atoms with Gasteiger partial charge in [-0.05, 0) is 34.1 Å². The van der Waals surface area contributed by atoms with Crippen LogP contribution in [0, 0.1) is 0 Å². The van der Waals surface area contributed by atoms with Gasteiger partial charge in [0, 0.05) is 0 Å². The molecule has 4 heteroatoms. The summed E-state index contributed by atoms with van der Waals surface area (Å²) in [4.78, 5) is 0. The lowest BCUT2D eigenvalue weighted by atomic mass is 9.81. The monoisotopic (exact) mass is 232 g/mol. The fourth-order valence-corrected chi connectivity index (χ4v) is 1.83. The normalized spacial score (nSPS) is 25.6. The van der Waals surface area contributed by atoms with Crippen LogP contribution in [0.15, 0.2) is 0 Å². The largest absolute Gasteiger partial charge is 0.476 e. The van der Waals surface area contributed by atoms with Crippen LogP contribution in [0.5, 0.6) is 0 Å². The molecule has 0 aromatic rings. The molecule has 0 saturated carbocycles. The van der Waals surface area contributed by atoms with Crippen molar-refractivity contribution in [1.29, 1.82) is 0 Å². The lowest BCUT2D eigenvalue weighted by Crippen LogP contribution is -2.41. The molecular formula is C11H22BClO2. The average molecular weight is 233 g/mol. The Morgan fingerprint density at radius 3 is 2.00 bits per heavy atom. The van der Waals surface area contributed by atoms with E-state index in [-0.39, 0.29) is 23.6 Å². The third-order valence-electron chi connectivity index (χ3n) is 3.40. The summed E-state index contributed by atoms with van der Waals surface area (Å²) in [6.07, 6.45) is 3.23. The van der Waals surface area contributed by atoms with Gasteiger partial charge in [0.25, 0.3) is 0 Å². The highest BCUT2D eigenvalue weighted by molar-refractivity contribution is 6.59. The van der Waals surface area contributed by atoms with Gasteiger partial charge < -0.3 is 9.31 Å². The predicted octanol–water partition coefficient (Wildman–Crippen LogP) is 3.42. The van der Waals surface area contributed by atoms with Crippen molar-refractivity contribution in [2.24, 2.45) is 0 Å². The van der Waals surface area contributed by atoms with Crippen LogP contribution in [0.1, 0.15) is 53.9 Å². The molecule has 0 unspecified atom stereocenters. The van der Waals surface area contributed by atoms with Crippen LogP contribution in [0.2, 0.25) is 0 Å². The molecule has 0 bridgehead atoms. The second kappa shape index (κ2) is 4.64. The number of alkyl halides is 1. The van der Waals surface area contributed by atoms with Crippen molar-refractivity contribution in [3.8, 4) is 0 Å². The van der Waals surface area contributed by atoms with Gasteiger partial charge >= 0.3 is 7.12 Å². The molecule has 1 fully saturated rings. The van der Waals surface area contributed by atoms with Crippen LogP contribution in [0.25, 0.3) is 0 Å². The summed E-state index contributed by atoms with van der Waals surface area (Å²) in [5.41, 5.74) is -0.534. The van der Waals surface area contributed by atoms with Crippen LogP contribution >= 0.6 is 11.6 Å². The van der Waals surface area contributed by atoms with Crippen LogP contribution in [-0.2, 0) is 9.31 Å². The quantitative estimate of drug-likeness (QED) is 0.546. The van der Waals surface area contributed by atoms with Gasteiger partial charge in [-0.3, -0.25) is 0 Å². The molecule has 0 aromatic heterocycles. The summed E-state index contributed by atoms with van der Waals surface area (Å²) in [6, 6.07) is 0. The maximum Gasteiger partial charge on any atom is 0.476 e. The van der Waals surface area contributed by atoms with E-state index in [2.05, 4.69) is 34.6 Å². The zero-order valence-corrected chi connectivity index (χ0v) is 11.2. The molecule has 1 saturated heterocycles. The fourth-order valence-electron chi connectivity index (χ4n) is 1.57. The predicted molar refractivity (Wildman–Crippen MR) is 65.2 cm³/mol. The Balaban J connectivity index is 2.54. The zero-order chi connectivity index (χ0) is 11.7. The van der Waals surface area contributed by atoms with Crippen molar-refractivity contribution in [3.05, 3.63) is 0 Å². The summed E-state index contributed by atoms with van der Waals surface area (Å²) in [5.74, 6) is 0. The Hall–Kier alpha value is 0.275. The standard InChI is InChI=1S/C11H22BClO2/c1-6-7-8-9(13)12-14-10(2,3)11(4,5)15-12/h9H,6-8H2,1-5H3/t9-/m1/s1. The topological polar surface area (TPSA) is 18.5 Å². The molecule has 15 heavy (non-hydrogen) atoms. The summed E-state index contributed by atoms with van der Waals surface area (Å²) in [6.45, 7) is 10.4. The molecule has 0 spiro atoms. The molecule has 0 amide bonds. The van der Waals surface area contributed by atoms with Crippen molar-refractivity contribution in [1.82, 2.24) is 0 Å². The maximum absolute atomic E-state index is 6.27. The van der Waals surface area contributed by atoms with Crippen molar-refractivity contribution in [2.75, 3.05) is 0 Å². The number of halogens is 1. The van der Waals surface area contributed by atoms with Crippen LogP contribution in [0.4, 0.5) is 0 Å². The first-order valence-corrected chi connectivity index (χ1v) is 6.23. The number of hydrogen-bond acceptors (Lipinski definition) is 2. The smallest absolute Gasteiger partial charge is 0.402 e. The van der Waals surface area contributed by atoms with Gasteiger partial charge in [-0.25, -0.2) is 0 Å². The molecule has 1 aliphatic heterocycles. The van der Waals surface area contributed by atoms with E-state index in [1.807, 2.05) is 0 Å². The van der Waals surface area contributed by atoms with E-state index in [1.54, 1.807) is 0 Å². The molecule has 0 radical (unpaired) electrons. The Morgan fingerprint density at radius 1 is 1.13 bits per heavy atom. The molecule has 0 aliphatic carbocycles. The highest BCUT2D eigenvalue weighted by atomic mass is 35.5. The Labute approximate surface area is 98.8 Å². The molecule has 2 nitrogen and oxygen atoms in total. The molecule has 1 atom stereocenters. The first-order valence-electron chi connectivity index (χ1n) is 5.80. The molecule has 1 aliphatic rings. The summed E-state index contributed by atoms with van der Waals surface area (Å²) in [5, 5.41) is -0.0361. The van der Waals surface area contributed by atoms with Crippen molar-refractivity contribution in [2.45, 2.75) is 70.4 Å². The lowest BCUT2D eigenvalue weighted by molar-refractivity contribution is 0.00578. The van der Waals surface area contributed by atoms with E-state index in [0.29, 0.717) is 0 Å². The maximum atomic E-state index is 6.27. The number of rotatable bonds is 4. The molecule has 1 rings (SSSR count). The summed E-state index contributed by atoms with van der Waals surface area (Å²) in [7, 11) is -0.261. The molecule has 0 N–H and O–H groups in total. The first-order chi connectivity index (χ1) is 6.80. The SMILES string of the molecule is CCCC[C@@H](Cl)B1OC(C)(C)C(C)(C)O1. The van der Waals surface area contributed by atoms with Gasteiger partial charge in [0.1, 0.15) is 0 Å². The van der Waals surface area contributed by atoms with Gasteiger partial charge in [0.2, 0.25) is 0 Å². The van der Waals surface area contributed by atoms with Gasteiger partial charge in [0.05, 0.1) is 16.5 Å². The van der Waals surface area contributed by atoms with Crippen molar-refractivity contribution in [3.63, 3.8) is 0 Å². The highest BCUT2D eigenvalue weighted by Gasteiger charge is 2.53. The minimum atomic E-state index is -0.267. The molecule has 0 aromatic carbocycles. The molecular weight excluding hydrogens is 210 g/mol. The lowest BCUT2D eigenvalue weighted by Gasteiger charge is -2.32. The Bertz CT molecular complexity index is 203. The van der Waals surface area contributed by atoms with E-state index in [0.717, 1.165) is 19.3 Å². The first kappa shape index (κ1) is 13.3. The highest BCUT2D eigenvalue weighted by Crippen LogP contribution is 2.38. The minimum Gasteiger partial charge on any atom is -0.402 e. The van der Waals surface area contributed by atoms with E-state index < -0.39 is 0 Å². The number of unbranched alkanes of at least 4 members (excludes halogenated alkanes) is 1. The average Bonchev–Trinajstić information content (AvgIpc) is 2.32. The third-order valence-corrected chi connectivity index (χ3v) is 3.82. The van der Waals surface area contributed by atoms with Crippen LogP contribution < -0.4 is 0 Å². The minimum absolute atomic E-state index is 0.0361.